The molecule has 0 fully saturated rings. The Labute approximate surface area is 109 Å². The second-order valence-electron chi connectivity index (χ2n) is 4.19. The van der Waals surface area contributed by atoms with Crippen LogP contribution in [0.4, 0.5) is 5.69 Å². The maximum absolute atomic E-state index is 5.67. The number of fused-ring (bicyclic) bond motifs is 1. The summed E-state index contributed by atoms with van der Waals surface area (Å²) >= 11 is 1.74. The van der Waals surface area contributed by atoms with Crippen LogP contribution in [0.2, 0.25) is 0 Å². The van der Waals surface area contributed by atoms with Crippen molar-refractivity contribution < 1.29 is 0 Å². The molecule has 0 atom stereocenters. The molecule has 1 aromatic carbocycles. The van der Waals surface area contributed by atoms with E-state index in [1.165, 1.54) is 10.3 Å². The molecule has 0 saturated heterocycles. The summed E-state index contributed by atoms with van der Waals surface area (Å²) in [5.41, 5.74) is 8.77. The van der Waals surface area contributed by atoms with Crippen molar-refractivity contribution in [2.24, 2.45) is 0 Å². The molecule has 0 amide bonds. The van der Waals surface area contributed by atoms with Crippen LogP contribution in [0.15, 0.2) is 42.7 Å². The number of rotatable bonds is 3. The van der Waals surface area contributed by atoms with Crippen LogP contribution in [0.25, 0.3) is 10.2 Å². The fraction of sp³-hybridized carbons (Fsp3) is 0.143. The van der Waals surface area contributed by atoms with E-state index in [4.69, 9.17) is 5.73 Å². The summed E-state index contributed by atoms with van der Waals surface area (Å²) in [7, 11) is 0. The minimum atomic E-state index is 0.810. The molecule has 0 unspecified atom stereocenters. The van der Waals surface area contributed by atoms with Crippen LogP contribution in [-0.2, 0) is 12.8 Å². The van der Waals surface area contributed by atoms with E-state index in [0.29, 0.717) is 0 Å². The zero-order chi connectivity index (χ0) is 12.4. The number of nitrogens with two attached hydrogens (primary N) is 1. The van der Waals surface area contributed by atoms with Gasteiger partial charge in [0.15, 0.2) is 0 Å². The zero-order valence-electron chi connectivity index (χ0n) is 9.84. The van der Waals surface area contributed by atoms with Gasteiger partial charge in [0.25, 0.3) is 0 Å². The van der Waals surface area contributed by atoms with Gasteiger partial charge in [-0.25, -0.2) is 4.98 Å². The monoisotopic (exact) mass is 255 g/mol. The number of hydrogen-bond donors (Lipinski definition) is 1. The molecule has 0 radical (unpaired) electrons. The van der Waals surface area contributed by atoms with Crippen molar-refractivity contribution in [3.8, 4) is 0 Å². The number of pyridine rings is 1. The summed E-state index contributed by atoms with van der Waals surface area (Å²) in [6.45, 7) is 0. The van der Waals surface area contributed by atoms with Gasteiger partial charge in [0.2, 0.25) is 0 Å². The van der Waals surface area contributed by atoms with Crippen LogP contribution in [0.1, 0.15) is 10.6 Å². The summed E-state index contributed by atoms with van der Waals surface area (Å²) in [4.78, 5) is 8.66. The number of hydrogen-bond acceptors (Lipinski definition) is 4. The lowest BCUT2D eigenvalue weighted by Gasteiger charge is -1.99. The topological polar surface area (TPSA) is 51.8 Å². The smallest absolute Gasteiger partial charge is 0.0998 e. The Kier molecular flexibility index (Phi) is 2.94. The van der Waals surface area contributed by atoms with Gasteiger partial charge in [0, 0.05) is 18.3 Å². The number of anilines is 1. The minimum Gasteiger partial charge on any atom is -0.399 e. The highest BCUT2D eigenvalue weighted by Crippen LogP contribution is 2.22. The highest BCUT2D eigenvalue weighted by molar-refractivity contribution is 7.18. The number of aryl methyl sites for hydroxylation is 2. The van der Waals surface area contributed by atoms with Gasteiger partial charge < -0.3 is 5.73 Å². The molecule has 0 spiro atoms. The zero-order valence-corrected chi connectivity index (χ0v) is 10.7. The van der Waals surface area contributed by atoms with Crippen molar-refractivity contribution in [1.82, 2.24) is 9.97 Å². The van der Waals surface area contributed by atoms with E-state index in [1.54, 1.807) is 11.3 Å². The van der Waals surface area contributed by atoms with Gasteiger partial charge in [-0.05, 0) is 30.2 Å². The van der Waals surface area contributed by atoms with Crippen molar-refractivity contribution in [3.05, 3.63) is 53.3 Å². The summed E-state index contributed by atoms with van der Waals surface area (Å²) in [6.07, 6.45) is 5.58. The Balaban J connectivity index is 1.74. The molecular formula is C14H13N3S. The predicted molar refractivity (Wildman–Crippen MR) is 75.7 cm³/mol. The molecule has 0 aliphatic carbocycles. The van der Waals surface area contributed by atoms with E-state index in [0.717, 1.165) is 29.1 Å². The largest absolute Gasteiger partial charge is 0.399 e. The van der Waals surface area contributed by atoms with E-state index in [2.05, 4.69) is 22.1 Å². The van der Waals surface area contributed by atoms with E-state index in [9.17, 15) is 0 Å². The number of aromatic nitrogens is 2. The normalized spacial score (nSPS) is 10.9. The molecule has 0 aliphatic rings. The van der Waals surface area contributed by atoms with Gasteiger partial charge >= 0.3 is 0 Å². The molecule has 90 valence electrons. The first-order valence-electron chi connectivity index (χ1n) is 5.85. The SMILES string of the molecule is Nc1ccc(CCc2nc3cnccc3s2)cc1. The van der Waals surface area contributed by atoms with Gasteiger partial charge in [-0.1, -0.05) is 12.1 Å². The summed E-state index contributed by atoms with van der Waals surface area (Å²) in [5.74, 6) is 0. The first-order chi connectivity index (χ1) is 8.81. The molecule has 2 heterocycles. The summed E-state index contributed by atoms with van der Waals surface area (Å²) < 4.78 is 1.21. The van der Waals surface area contributed by atoms with E-state index in [1.807, 2.05) is 30.6 Å². The lowest BCUT2D eigenvalue weighted by Crippen LogP contribution is -1.91. The molecular weight excluding hydrogens is 242 g/mol. The molecule has 0 saturated carbocycles. The maximum Gasteiger partial charge on any atom is 0.0998 e. The molecule has 2 N–H and O–H groups in total. The second-order valence-corrected chi connectivity index (χ2v) is 5.31. The van der Waals surface area contributed by atoms with Crippen molar-refractivity contribution in [2.75, 3.05) is 5.73 Å². The Bertz CT molecular complexity index is 625. The third-order valence-electron chi connectivity index (χ3n) is 2.84. The van der Waals surface area contributed by atoms with Gasteiger partial charge in [-0.15, -0.1) is 11.3 Å². The fourth-order valence-corrected chi connectivity index (χ4v) is 2.80. The van der Waals surface area contributed by atoms with Gasteiger partial charge in [0.1, 0.15) is 0 Å². The van der Waals surface area contributed by atoms with Crippen molar-refractivity contribution in [1.29, 1.82) is 0 Å². The van der Waals surface area contributed by atoms with Crippen LogP contribution in [0, 0.1) is 0 Å². The molecule has 18 heavy (non-hydrogen) atoms. The molecule has 4 heteroatoms. The third-order valence-corrected chi connectivity index (χ3v) is 3.94. The van der Waals surface area contributed by atoms with Gasteiger partial charge in [0.05, 0.1) is 21.4 Å². The van der Waals surface area contributed by atoms with Crippen LogP contribution in [0.3, 0.4) is 0 Å². The molecule has 3 nitrogen and oxygen atoms in total. The van der Waals surface area contributed by atoms with Crippen molar-refractivity contribution >= 4 is 27.2 Å². The number of nitrogens with zero attached hydrogens (tertiary/aromatic N) is 2. The minimum absolute atomic E-state index is 0.810. The highest BCUT2D eigenvalue weighted by atomic mass is 32.1. The molecule has 3 rings (SSSR count). The fourth-order valence-electron chi connectivity index (χ4n) is 1.87. The van der Waals surface area contributed by atoms with Gasteiger partial charge in [-0.2, -0.15) is 0 Å². The van der Waals surface area contributed by atoms with E-state index in [-0.39, 0.29) is 0 Å². The Morgan fingerprint density at radius 2 is 1.89 bits per heavy atom. The van der Waals surface area contributed by atoms with Crippen molar-refractivity contribution in [3.63, 3.8) is 0 Å². The standard InChI is InChI=1S/C14H13N3S/c15-11-4-1-10(2-5-11)3-6-14-17-12-9-16-8-7-13(12)18-14/h1-2,4-5,7-9H,3,6,15H2. The third kappa shape index (κ3) is 2.33. The molecule has 2 aromatic heterocycles. The van der Waals surface area contributed by atoms with Crippen LogP contribution < -0.4 is 5.73 Å². The van der Waals surface area contributed by atoms with E-state index < -0.39 is 0 Å². The lowest BCUT2D eigenvalue weighted by molar-refractivity contribution is 0.949. The Morgan fingerprint density at radius 1 is 1.06 bits per heavy atom. The average molecular weight is 255 g/mol. The highest BCUT2D eigenvalue weighted by Gasteiger charge is 2.03. The lowest BCUT2D eigenvalue weighted by atomic mass is 10.1. The van der Waals surface area contributed by atoms with Crippen LogP contribution >= 0.6 is 11.3 Å². The number of thiazole rings is 1. The number of nitrogen functional groups attached to an aromatic ring is 1. The van der Waals surface area contributed by atoms with Crippen LogP contribution in [0.5, 0.6) is 0 Å². The Morgan fingerprint density at radius 3 is 2.67 bits per heavy atom. The maximum atomic E-state index is 5.67. The molecule has 0 aliphatic heterocycles. The summed E-state index contributed by atoms with van der Waals surface area (Å²) in [6, 6.07) is 10.0. The Hall–Kier alpha value is -1.94. The van der Waals surface area contributed by atoms with Crippen LogP contribution in [-0.4, -0.2) is 9.97 Å². The average Bonchev–Trinajstić information content (AvgIpc) is 2.81. The molecule has 3 aromatic rings. The molecule has 0 bridgehead atoms. The first-order valence-corrected chi connectivity index (χ1v) is 6.67. The second kappa shape index (κ2) is 4.74. The van der Waals surface area contributed by atoms with Gasteiger partial charge in [-0.3, -0.25) is 4.98 Å². The summed E-state index contributed by atoms with van der Waals surface area (Å²) in [5, 5.41) is 1.16. The van der Waals surface area contributed by atoms with Crippen molar-refractivity contribution in [2.45, 2.75) is 12.8 Å². The quantitative estimate of drug-likeness (QED) is 0.732. The first kappa shape index (κ1) is 11.2. The van der Waals surface area contributed by atoms with E-state index >= 15 is 0 Å². The predicted octanol–water partition coefficient (Wildman–Crippen LogP) is 3.06. The number of benzene rings is 1.